The Bertz CT molecular complexity index is 1180. The first-order valence-corrected chi connectivity index (χ1v) is 10.2. The van der Waals surface area contributed by atoms with E-state index in [-0.39, 0.29) is 17.6 Å². The lowest BCUT2D eigenvalue weighted by Crippen LogP contribution is -2.22. The van der Waals surface area contributed by atoms with Crippen LogP contribution in [0, 0.1) is 20.8 Å². The van der Waals surface area contributed by atoms with Crippen LogP contribution in [0.2, 0.25) is 0 Å². The van der Waals surface area contributed by atoms with E-state index >= 15 is 0 Å². The van der Waals surface area contributed by atoms with E-state index in [1.165, 1.54) is 0 Å². The molecule has 0 aliphatic heterocycles. The monoisotopic (exact) mass is 416 g/mol. The number of carbonyl (C=O) groups is 2. The summed E-state index contributed by atoms with van der Waals surface area (Å²) in [5.41, 5.74) is 8.23. The highest BCUT2D eigenvalue weighted by atomic mass is 16.4. The van der Waals surface area contributed by atoms with Gasteiger partial charge in [0.2, 0.25) is 0 Å². The minimum atomic E-state index is -0.309. The summed E-state index contributed by atoms with van der Waals surface area (Å²) in [6.45, 7) is 5.83. The van der Waals surface area contributed by atoms with Crippen LogP contribution in [0.3, 0.4) is 0 Å². The molecule has 7 nitrogen and oxygen atoms in total. The van der Waals surface area contributed by atoms with Gasteiger partial charge in [-0.15, -0.1) is 0 Å². The highest BCUT2D eigenvalue weighted by molar-refractivity contribution is 6.09. The Labute approximate surface area is 180 Å². The number of amides is 2. The number of nitrogens with one attached hydrogen (secondary N) is 2. The van der Waals surface area contributed by atoms with E-state index in [0.717, 1.165) is 52.3 Å². The second kappa shape index (κ2) is 8.55. The zero-order valence-electron chi connectivity index (χ0n) is 17.8. The first kappa shape index (κ1) is 20.5. The van der Waals surface area contributed by atoms with Crippen molar-refractivity contribution in [2.24, 2.45) is 5.10 Å². The van der Waals surface area contributed by atoms with Crippen molar-refractivity contribution in [3.8, 4) is 0 Å². The zero-order valence-corrected chi connectivity index (χ0v) is 17.8. The van der Waals surface area contributed by atoms with Gasteiger partial charge >= 0.3 is 0 Å². The molecule has 0 radical (unpaired) electrons. The Balaban J connectivity index is 1.59. The molecule has 2 aromatic heterocycles. The van der Waals surface area contributed by atoms with E-state index in [4.69, 9.17) is 4.42 Å². The van der Waals surface area contributed by atoms with Gasteiger partial charge in [0.25, 0.3) is 11.8 Å². The van der Waals surface area contributed by atoms with Crippen LogP contribution in [-0.2, 0) is 6.42 Å². The van der Waals surface area contributed by atoms with Gasteiger partial charge in [-0.2, -0.15) is 5.10 Å². The molecule has 0 bridgehead atoms. The average Bonchev–Trinajstić information content (AvgIpc) is 3.13. The molecule has 3 aromatic rings. The van der Waals surface area contributed by atoms with Crippen LogP contribution in [0.4, 0.5) is 5.69 Å². The molecular weight excluding hydrogens is 392 g/mol. The van der Waals surface area contributed by atoms with Crippen molar-refractivity contribution in [1.82, 2.24) is 10.4 Å². The number of hydrazone groups is 1. The summed E-state index contributed by atoms with van der Waals surface area (Å²) in [5.74, 6) is 0.407. The molecule has 0 fully saturated rings. The number of pyridine rings is 1. The smallest absolute Gasteiger partial charge is 0.291 e. The highest BCUT2D eigenvalue weighted by Crippen LogP contribution is 2.30. The van der Waals surface area contributed by atoms with Crippen molar-refractivity contribution in [2.45, 2.75) is 40.0 Å². The van der Waals surface area contributed by atoms with Gasteiger partial charge in [-0.3, -0.25) is 14.6 Å². The van der Waals surface area contributed by atoms with Crippen molar-refractivity contribution in [1.29, 1.82) is 0 Å². The fourth-order valence-electron chi connectivity index (χ4n) is 3.75. The normalized spacial score (nSPS) is 14.2. The third-order valence-corrected chi connectivity index (χ3v) is 5.62. The molecule has 7 heteroatoms. The lowest BCUT2D eigenvalue weighted by atomic mass is 9.93. The molecule has 0 spiro atoms. The van der Waals surface area contributed by atoms with Crippen LogP contribution < -0.4 is 10.7 Å². The SMILES string of the molecule is Cc1cccc(NC(=O)c2oc3c(c2C)/C(=N/NC(=O)c2ccncc2)CCC3)c1C. The summed E-state index contributed by atoms with van der Waals surface area (Å²) >= 11 is 0. The first-order chi connectivity index (χ1) is 15.0. The Hall–Kier alpha value is -3.74. The summed E-state index contributed by atoms with van der Waals surface area (Å²) in [5, 5.41) is 7.30. The standard InChI is InChI=1S/C24H24N4O3/c1-14-6-4-7-18(15(14)2)26-24(30)22-16(3)21-19(8-5-9-20(21)31-22)27-28-23(29)17-10-12-25-13-11-17/h4,6-7,10-13H,5,8-9H2,1-3H3,(H,26,30)(H,28,29)/b27-19+. The number of hydrogen-bond donors (Lipinski definition) is 2. The molecule has 2 N–H and O–H groups in total. The van der Waals surface area contributed by atoms with Crippen molar-refractivity contribution in [3.05, 3.63) is 82.1 Å². The average molecular weight is 416 g/mol. The number of benzene rings is 1. The number of aromatic nitrogens is 1. The molecule has 158 valence electrons. The van der Waals surface area contributed by atoms with Gasteiger partial charge in [-0.1, -0.05) is 12.1 Å². The molecule has 1 aromatic carbocycles. The van der Waals surface area contributed by atoms with Gasteiger partial charge in [-0.25, -0.2) is 5.43 Å². The van der Waals surface area contributed by atoms with E-state index < -0.39 is 0 Å². The quantitative estimate of drug-likeness (QED) is 0.619. The number of rotatable bonds is 4. The number of anilines is 1. The molecule has 2 amide bonds. The van der Waals surface area contributed by atoms with Crippen LogP contribution in [0.15, 0.2) is 52.2 Å². The number of hydrogen-bond acceptors (Lipinski definition) is 5. The molecule has 0 saturated heterocycles. The summed E-state index contributed by atoms with van der Waals surface area (Å²) < 4.78 is 5.95. The first-order valence-electron chi connectivity index (χ1n) is 10.2. The highest BCUT2D eigenvalue weighted by Gasteiger charge is 2.28. The Kier molecular flexibility index (Phi) is 5.66. The summed E-state index contributed by atoms with van der Waals surface area (Å²) in [4.78, 5) is 29.2. The van der Waals surface area contributed by atoms with E-state index in [1.54, 1.807) is 24.5 Å². The predicted molar refractivity (Wildman–Crippen MR) is 118 cm³/mol. The molecular formula is C24H24N4O3. The summed E-state index contributed by atoms with van der Waals surface area (Å²) in [6.07, 6.45) is 5.37. The lowest BCUT2D eigenvalue weighted by molar-refractivity contribution is 0.0953. The van der Waals surface area contributed by atoms with Gasteiger partial charge in [0.05, 0.1) is 5.71 Å². The Morgan fingerprint density at radius 2 is 1.77 bits per heavy atom. The molecule has 2 heterocycles. The second-order valence-corrected chi connectivity index (χ2v) is 7.64. The molecule has 4 rings (SSSR count). The Morgan fingerprint density at radius 3 is 2.55 bits per heavy atom. The zero-order chi connectivity index (χ0) is 22.0. The topological polar surface area (TPSA) is 96.6 Å². The Morgan fingerprint density at radius 1 is 1.00 bits per heavy atom. The predicted octanol–water partition coefficient (Wildman–Crippen LogP) is 4.32. The van der Waals surface area contributed by atoms with Crippen LogP contribution >= 0.6 is 0 Å². The fraction of sp³-hybridized carbons (Fsp3) is 0.250. The van der Waals surface area contributed by atoms with Gasteiger partial charge in [0.15, 0.2) is 5.76 Å². The third-order valence-electron chi connectivity index (χ3n) is 5.62. The maximum atomic E-state index is 13.0. The fourth-order valence-corrected chi connectivity index (χ4v) is 3.75. The molecule has 1 aliphatic carbocycles. The minimum absolute atomic E-state index is 0.279. The van der Waals surface area contributed by atoms with E-state index in [2.05, 4.69) is 20.8 Å². The van der Waals surface area contributed by atoms with Crippen molar-refractivity contribution in [2.75, 3.05) is 5.32 Å². The molecule has 31 heavy (non-hydrogen) atoms. The lowest BCUT2D eigenvalue weighted by Gasteiger charge is -2.13. The molecule has 1 aliphatic rings. The van der Waals surface area contributed by atoms with Gasteiger partial charge in [-0.05, 0) is 62.9 Å². The maximum Gasteiger partial charge on any atom is 0.291 e. The maximum absolute atomic E-state index is 13.0. The van der Waals surface area contributed by atoms with Crippen LogP contribution in [0.5, 0.6) is 0 Å². The largest absolute Gasteiger partial charge is 0.455 e. The number of nitrogens with zero attached hydrogens (tertiary/aromatic N) is 2. The number of carbonyl (C=O) groups excluding carboxylic acids is 2. The van der Waals surface area contributed by atoms with Crippen molar-refractivity contribution in [3.63, 3.8) is 0 Å². The van der Waals surface area contributed by atoms with E-state index in [1.807, 2.05) is 39.0 Å². The van der Waals surface area contributed by atoms with Crippen LogP contribution in [0.1, 0.15) is 61.8 Å². The number of furan rings is 1. The van der Waals surface area contributed by atoms with Gasteiger partial charge < -0.3 is 9.73 Å². The van der Waals surface area contributed by atoms with E-state index in [0.29, 0.717) is 12.0 Å². The van der Waals surface area contributed by atoms with Gasteiger partial charge in [0, 0.05) is 41.2 Å². The number of aryl methyl sites for hydroxylation is 2. The molecule has 0 unspecified atom stereocenters. The van der Waals surface area contributed by atoms with Gasteiger partial charge in [0.1, 0.15) is 5.76 Å². The summed E-state index contributed by atoms with van der Waals surface area (Å²) in [7, 11) is 0. The van der Waals surface area contributed by atoms with E-state index in [9.17, 15) is 9.59 Å². The van der Waals surface area contributed by atoms with Crippen LogP contribution in [-0.4, -0.2) is 22.5 Å². The summed E-state index contributed by atoms with van der Waals surface area (Å²) in [6, 6.07) is 9.04. The number of fused-ring (bicyclic) bond motifs is 1. The van der Waals surface area contributed by atoms with Crippen LogP contribution in [0.25, 0.3) is 0 Å². The minimum Gasteiger partial charge on any atom is -0.455 e. The van der Waals surface area contributed by atoms with Crippen molar-refractivity contribution >= 4 is 23.2 Å². The third kappa shape index (κ3) is 4.12. The molecule has 0 atom stereocenters. The van der Waals surface area contributed by atoms with Crippen molar-refractivity contribution < 1.29 is 14.0 Å². The second-order valence-electron chi connectivity index (χ2n) is 7.64. The molecule has 0 saturated carbocycles.